The molecule has 1 fully saturated rings. The summed E-state index contributed by atoms with van der Waals surface area (Å²) in [4.78, 5) is 4.27. The molecule has 1 atom stereocenters. The number of hydrogen-bond acceptors (Lipinski definition) is 5. The van der Waals surface area contributed by atoms with Crippen molar-refractivity contribution in [2.45, 2.75) is 25.6 Å². The largest absolute Gasteiger partial charge is 0.329 e. The smallest absolute Gasteiger partial charge is 0.151 e. The molecule has 0 radical (unpaired) electrons. The Kier molecular flexibility index (Phi) is 5.09. The third-order valence-electron chi connectivity index (χ3n) is 4.85. The van der Waals surface area contributed by atoms with E-state index in [0.29, 0.717) is 18.7 Å². The van der Waals surface area contributed by atoms with Crippen LogP contribution < -0.4 is 5.32 Å². The van der Waals surface area contributed by atoms with Crippen molar-refractivity contribution in [3.8, 4) is 11.3 Å². The quantitative estimate of drug-likeness (QED) is 0.668. The fourth-order valence-corrected chi connectivity index (χ4v) is 5.15. The molecule has 4 rings (SSSR count). The second-order valence-electron chi connectivity index (χ2n) is 6.94. The number of benzene rings is 1. The van der Waals surface area contributed by atoms with Gasteiger partial charge in [0.25, 0.3) is 0 Å². The molecule has 2 aromatic heterocycles. The van der Waals surface area contributed by atoms with Crippen molar-refractivity contribution in [2.24, 2.45) is 0 Å². The van der Waals surface area contributed by atoms with E-state index in [2.05, 4.69) is 32.1 Å². The molecule has 1 aliphatic heterocycles. The molecule has 1 aliphatic rings. The van der Waals surface area contributed by atoms with Crippen molar-refractivity contribution in [1.82, 2.24) is 24.6 Å². The Morgan fingerprint density at radius 3 is 2.81 bits per heavy atom. The first-order chi connectivity index (χ1) is 13.1. The maximum Gasteiger partial charge on any atom is 0.151 e. The molecule has 1 N–H and O–H groups in total. The van der Waals surface area contributed by atoms with Crippen molar-refractivity contribution >= 4 is 9.84 Å². The van der Waals surface area contributed by atoms with Crippen LogP contribution in [0.25, 0.3) is 11.3 Å². The van der Waals surface area contributed by atoms with E-state index in [0.717, 1.165) is 24.3 Å². The number of imidazole rings is 1. The lowest BCUT2D eigenvalue weighted by molar-refractivity contribution is 0.521. The lowest BCUT2D eigenvalue weighted by Crippen LogP contribution is -2.32. The van der Waals surface area contributed by atoms with Gasteiger partial charge in [-0.25, -0.2) is 13.4 Å². The highest BCUT2D eigenvalue weighted by Crippen LogP contribution is 2.19. The average molecular weight is 385 g/mol. The number of rotatable bonds is 7. The molecule has 0 amide bonds. The number of nitrogens with one attached hydrogen (secondary N) is 1. The first-order valence-corrected chi connectivity index (χ1v) is 10.9. The molecule has 1 aromatic carbocycles. The normalized spacial score (nSPS) is 18.7. The van der Waals surface area contributed by atoms with E-state index < -0.39 is 9.84 Å². The highest BCUT2D eigenvalue weighted by molar-refractivity contribution is 7.91. The topological polar surface area (TPSA) is 81.8 Å². The Hall–Kier alpha value is -2.45. The Labute approximate surface area is 159 Å². The van der Waals surface area contributed by atoms with Crippen LogP contribution in [0, 0.1) is 0 Å². The van der Waals surface area contributed by atoms with Crippen LogP contribution >= 0.6 is 0 Å². The van der Waals surface area contributed by atoms with Crippen LogP contribution in [-0.4, -0.2) is 51.8 Å². The van der Waals surface area contributed by atoms with E-state index >= 15 is 0 Å². The van der Waals surface area contributed by atoms with E-state index in [1.165, 1.54) is 5.56 Å². The van der Waals surface area contributed by atoms with Crippen LogP contribution in [0.5, 0.6) is 0 Å². The molecule has 7 nitrogen and oxygen atoms in total. The van der Waals surface area contributed by atoms with Gasteiger partial charge in [-0.2, -0.15) is 5.10 Å². The SMILES string of the molecule is O=S1(=O)CC[C@H](NCCn2cncc2-c2cnn(Cc3ccccc3)c2)C1. The Balaban J connectivity index is 1.37. The first kappa shape index (κ1) is 17.9. The van der Waals surface area contributed by atoms with E-state index in [1.807, 2.05) is 41.5 Å². The van der Waals surface area contributed by atoms with Crippen LogP contribution in [-0.2, 0) is 22.9 Å². The van der Waals surface area contributed by atoms with Gasteiger partial charge in [-0.15, -0.1) is 0 Å². The zero-order valence-corrected chi connectivity index (χ0v) is 15.8. The van der Waals surface area contributed by atoms with Crippen LogP contribution in [0.15, 0.2) is 55.2 Å². The fraction of sp³-hybridized carbons (Fsp3) is 0.368. The number of nitrogens with zero attached hydrogens (tertiary/aromatic N) is 4. The summed E-state index contributed by atoms with van der Waals surface area (Å²) in [7, 11) is -2.85. The molecule has 0 bridgehead atoms. The van der Waals surface area contributed by atoms with Crippen molar-refractivity contribution < 1.29 is 8.42 Å². The predicted octanol–water partition coefficient (Wildman–Crippen LogP) is 1.57. The summed E-state index contributed by atoms with van der Waals surface area (Å²) < 4.78 is 27.1. The number of aromatic nitrogens is 4. The summed E-state index contributed by atoms with van der Waals surface area (Å²) in [5, 5.41) is 7.80. The van der Waals surface area contributed by atoms with Crippen LogP contribution in [0.2, 0.25) is 0 Å². The van der Waals surface area contributed by atoms with Gasteiger partial charge >= 0.3 is 0 Å². The van der Waals surface area contributed by atoms with Gasteiger partial charge in [0.1, 0.15) is 0 Å². The zero-order chi connectivity index (χ0) is 18.7. The summed E-state index contributed by atoms with van der Waals surface area (Å²) >= 11 is 0. The minimum Gasteiger partial charge on any atom is -0.329 e. The Morgan fingerprint density at radius 2 is 2.04 bits per heavy atom. The summed E-state index contributed by atoms with van der Waals surface area (Å²) in [6.07, 6.45) is 8.22. The van der Waals surface area contributed by atoms with Gasteiger partial charge in [0.2, 0.25) is 0 Å². The fourth-order valence-electron chi connectivity index (χ4n) is 3.44. The average Bonchev–Trinajstić information content (AvgIpc) is 3.36. The van der Waals surface area contributed by atoms with Gasteiger partial charge in [0, 0.05) is 30.9 Å². The van der Waals surface area contributed by atoms with Crippen LogP contribution in [0.1, 0.15) is 12.0 Å². The molecule has 8 heteroatoms. The Morgan fingerprint density at radius 1 is 1.19 bits per heavy atom. The molecule has 0 spiro atoms. The van der Waals surface area contributed by atoms with Crippen LogP contribution in [0.4, 0.5) is 0 Å². The lowest BCUT2D eigenvalue weighted by Gasteiger charge is -2.12. The lowest BCUT2D eigenvalue weighted by atomic mass is 10.2. The van der Waals surface area contributed by atoms with Crippen molar-refractivity contribution in [3.05, 3.63) is 60.8 Å². The first-order valence-electron chi connectivity index (χ1n) is 9.10. The molecule has 0 aliphatic carbocycles. The number of hydrogen-bond donors (Lipinski definition) is 1. The van der Waals surface area contributed by atoms with Gasteiger partial charge < -0.3 is 9.88 Å². The standard InChI is InChI=1S/C19H23N5O2S/c25-27(26)9-6-18(14-27)21-7-8-23-15-20-11-19(23)17-10-22-24(13-17)12-16-4-2-1-3-5-16/h1-5,10-11,13,15,18,21H,6-9,12,14H2/t18-/m0/s1. The van der Waals surface area contributed by atoms with Crippen molar-refractivity contribution in [3.63, 3.8) is 0 Å². The highest BCUT2D eigenvalue weighted by atomic mass is 32.2. The van der Waals surface area contributed by atoms with Crippen molar-refractivity contribution in [1.29, 1.82) is 0 Å². The number of sulfone groups is 1. The molecule has 27 heavy (non-hydrogen) atoms. The maximum absolute atomic E-state index is 11.5. The molecule has 0 saturated carbocycles. The van der Waals surface area contributed by atoms with Gasteiger partial charge in [0.15, 0.2) is 9.84 Å². The minimum atomic E-state index is -2.85. The van der Waals surface area contributed by atoms with Gasteiger partial charge in [-0.1, -0.05) is 30.3 Å². The summed E-state index contributed by atoms with van der Waals surface area (Å²) in [6.45, 7) is 2.17. The summed E-state index contributed by atoms with van der Waals surface area (Å²) in [6, 6.07) is 10.3. The molecular formula is C19H23N5O2S. The molecular weight excluding hydrogens is 362 g/mol. The highest BCUT2D eigenvalue weighted by Gasteiger charge is 2.27. The van der Waals surface area contributed by atoms with Gasteiger partial charge in [-0.3, -0.25) is 4.68 Å². The zero-order valence-electron chi connectivity index (χ0n) is 15.0. The molecule has 0 unspecified atom stereocenters. The van der Waals surface area contributed by atoms with Crippen molar-refractivity contribution in [2.75, 3.05) is 18.1 Å². The van der Waals surface area contributed by atoms with E-state index in [9.17, 15) is 8.42 Å². The van der Waals surface area contributed by atoms with Crippen LogP contribution in [0.3, 0.4) is 0 Å². The molecule has 1 saturated heterocycles. The van der Waals surface area contributed by atoms with Gasteiger partial charge in [-0.05, 0) is 12.0 Å². The monoisotopic (exact) mass is 385 g/mol. The molecule has 142 valence electrons. The second-order valence-corrected chi connectivity index (χ2v) is 9.17. The van der Waals surface area contributed by atoms with E-state index in [-0.39, 0.29) is 11.8 Å². The van der Waals surface area contributed by atoms with E-state index in [1.54, 1.807) is 6.33 Å². The predicted molar refractivity (Wildman–Crippen MR) is 104 cm³/mol. The summed E-state index contributed by atoms with van der Waals surface area (Å²) in [5.74, 6) is 0.539. The minimum absolute atomic E-state index is 0.0654. The third-order valence-corrected chi connectivity index (χ3v) is 6.61. The third kappa shape index (κ3) is 4.45. The maximum atomic E-state index is 11.5. The molecule has 3 heterocycles. The summed E-state index contributed by atoms with van der Waals surface area (Å²) in [5.41, 5.74) is 3.23. The van der Waals surface area contributed by atoms with E-state index in [4.69, 9.17) is 0 Å². The second kappa shape index (κ2) is 7.66. The molecule has 3 aromatic rings. The Bertz CT molecular complexity index is 994. The van der Waals surface area contributed by atoms with Gasteiger partial charge in [0.05, 0.1) is 42.5 Å².